The van der Waals surface area contributed by atoms with Gasteiger partial charge >= 0.3 is 0 Å². The zero-order valence-electron chi connectivity index (χ0n) is 34.7. The van der Waals surface area contributed by atoms with E-state index in [1.807, 2.05) is 18.2 Å². The lowest BCUT2D eigenvalue weighted by Gasteiger charge is -2.19. The van der Waals surface area contributed by atoms with Crippen molar-refractivity contribution in [1.82, 2.24) is 0 Å². The predicted octanol–water partition coefficient (Wildman–Crippen LogP) is 16.8. The Hall–Kier alpha value is -7.09. The maximum Gasteiger partial charge on any atom is 0.0665 e. The van der Waals surface area contributed by atoms with Gasteiger partial charge in [0.05, 0.1) is 5.69 Å². The Bertz CT molecular complexity index is 3130. The molecule has 0 aromatic heterocycles. The summed E-state index contributed by atoms with van der Waals surface area (Å²) in [6, 6.07) is 74.9. The fourth-order valence-electron chi connectivity index (χ4n) is 8.55. The highest BCUT2D eigenvalue weighted by Gasteiger charge is 2.18. The lowest BCUT2D eigenvalue weighted by molar-refractivity contribution is 0.795. The summed E-state index contributed by atoms with van der Waals surface area (Å²) in [7, 11) is 0. The zero-order chi connectivity index (χ0) is 40.8. The summed E-state index contributed by atoms with van der Waals surface area (Å²) in [6.07, 6.45) is 3.41. The van der Waals surface area contributed by atoms with Gasteiger partial charge in [0.2, 0.25) is 0 Å². The van der Waals surface area contributed by atoms with E-state index in [0.29, 0.717) is 0 Å². The number of nitrogens with zero attached hydrogens (tertiary/aromatic N) is 1. The molecule has 10 aromatic carbocycles. The van der Waals surface area contributed by atoms with Crippen molar-refractivity contribution in [3.63, 3.8) is 0 Å². The average molecular weight is 772 g/mol. The number of hydrogen-bond acceptors (Lipinski definition) is 1. The van der Waals surface area contributed by atoms with Crippen molar-refractivity contribution < 1.29 is 0 Å². The van der Waals surface area contributed by atoms with Crippen LogP contribution in [0.4, 0.5) is 5.69 Å². The van der Waals surface area contributed by atoms with E-state index in [2.05, 4.69) is 209 Å². The van der Waals surface area contributed by atoms with Crippen LogP contribution < -0.4 is 0 Å². The molecule has 10 rings (SSSR count). The molecule has 0 unspecified atom stereocenters. The molecule has 0 saturated carbocycles. The number of aryl methyl sites for hydroxylation is 2. The van der Waals surface area contributed by atoms with Gasteiger partial charge in [-0.1, -0.05) is 201 Å². The fraction of sp³-hybridized carbons (Fsp3) is 0.102. The molecule has 290 valence electrons. The van der Waals surface area contributed by atoms with Gasteiger partial charge in [0.1, 0.15) is 0 Å². The molecule has 0 amide bonds. The molecule has 0 spiro atoms. The Balaban J connectivity index is 0.000000602. The van der Waals surface area contributed by atoms with E-state index < -0.39 is 0 Å². The molecule has 0 aliphatic rings. The van der Waals surface area contributed by atoms with E-state index in [1.165, 1.54) is 100 Å². The van der Waals surface area contributed by atoms with Gasteiger partial charge in [-0.25, -0.2) is 0 Å². The number of unbranched alkanes of at least 4 members (excludes halogenated alkanes) is 1. The van der Waals surface area contributed by atoms with Crippen molar-refractivity contribution in [3.05, 3.63) is 223 Å². The first kappa shape index (κ1) is 38.4. The zero-order valence-corrected chi connectivity index (χ0v) is 34.7. The highest BCUT2D eigenvalue weighted by molar-refractivity contribution is 6.22. The summed E-state index contributed by atoms with van der Waals surface area (Å²) in [5.41, 5.74) is 13.3. The van der Waals surface area contributed by atoms with Crippen LogP contribution in [0, 0.1) is 6.92 Å². The highest BCUT2D eigenvalue weighted by atomic mass is 14.7. The lowest BCUT2D eigenvalue weighted by Crippen LogP contribution is -1.95. The minimum Gasteiger partial charge on any atom is -0.253 e. The minimum atomic E-state index is 1.03. The molecular weight excluding hydrogens is 723 g/mol. The van der Waals surface area contributed by atoms with Crippen LogP contribution in [0.5, 0.6) is 0 Å². The Morgan fingerprint density at radius 3 is 1.52 bits per heavy atom. The lowest BCUT2D eigenvalue weighted by atomic mass is 9.84. The van der Waals surface area contributed by atoms with Gasteiger partial charge in [-0.15, -0.1) is 0 Å². The molecule has 0 saturated heterocycles. The van der Waals surface area contributed by atoms with Crippen LogP contribution in [-0.4, -0.2) is 5.71 Å². The third kappa shape index (κ3) is 8.00. The van der Waals surface area contributed by atoms with Gasteiger partial charge < -0.3 is 0 Å². The van der Waals surface area contributed by atoms with Gasteiger partial charge in [-0.3, -0.25) is 4.99 Å². The third-order valence-electron chi connectivity index (χ3n) is 11.8. The second-order valence-electron chi connectivity index (χ2n) is 15.8. The first-order valence-corrected chi connectivity index (χ1v) is 21.3. The average Bonchev–Trinajstić information content (AvgIpc) is 3.30. The Labute approximate surface area is 354 Å². The summed E-state index contributed by atoms with van der Waals surface area (Å²) >= 11 is 0. The number of hydrogen-bond donors (Lipinski definition) is 0. The van der Waals surface area contributed by atoms with Crippen molar-refractivity contribution in [2.45, 2.75) is 40.0 Å². The smallest absolute Gasteiger partial charge is 0.0665 e. The molecule has 0 heterocycles. The molecule has 0 aliphatic heterocycles. The molecule has 60 heavy (non-hydrogen) atoms. The fourth-order valence-corrected chi connectivity index (χ4v) is 8.55. The van der Waals surface area contributed by atoms with Gasteiger partial charge in [0.15, 0.2) is 0 Å². The van der Waals surface area contributed by atoms with Crippen molar-refractivity contribution in [3.8, 4) is 33.4 Å². The van der Waals surface area contributed by atoms with Crippen molar-refractivity contribution >= 4 is 54.5 Å². The number of aliphatic imine (C=N–C) groups is 1. The molecule has 0 radical (unpaired) electrons. The number of benzene rings is 10. The van der Waals surface area contributed by atoms with E-state index in [1.54, 1.807) is 0 Å². The Morgan fingerprint density at radius 2 is 0.917 bits per heavy atom. The molecular formula is C59H49N. The summed E-state index contributed by atoms with van der Waals surface area (Å²) in [5.74, 6) is 0. The van der Waals surface area contributed by atoms with Gasteiger partial charge in [0.25, 0.3) is 0 Å². The van der Waals surface area contributed by atoms with Crippen LogP contribution in [0.1, 0.15) is 43.4 Å². The first-order valence-electron chi connectivity index (χ1n) is 21.3. The third-order valence-corrected chi connectivity index (χ3v) is 11.8. The van der Waals surface area contributed by atoms with Crippen molar-refractivity contribution in [2.75, 3.05) is 0 Å². The SMILES string of the molecule is CCCCc1ccccc1N=C(C)c1ccc(-c2ccc3c(-c4ccc5ccccc5c4)c4ccccc4c(-c4ccc5ccccc5c4)c3c2)cc1.Cc1ccccc1. The molecule has 1 heteroatoms. The quantitative estimate of drug-likeness (QED) is 0.108. The summed E-state index contributed by atoms with van der Waals surface area (Å²) in [5, 5.41) is 10.0. The van der Waals surface area contributed by atoms with Crippen LogP contribution in [0.25, 0.3) is 76.5 Å². The standard InChI is InChI=1S/C52H41N.C7H8/c1-3-4-13-40-16-9-12-21-50(40)53-35(2)36-22-24-39(25-23-36)43-30-31-48-49(34-43)52(45-29-27-38-15-6-8-18-42(38)33-45)47-20-11-10-19-46(47)51(48)44-28-26-37-14-5-7-17-41(37)32-44;1-7-5-3-2-4-6-7/h5-12,14-34H,3-4,13H2,1-2H3;2-6H,1H3. The highest BCUT2D eigenvalue weighted by Crippen LogP contribution is 2.45. The first-order chi connectivity index (χ1) is 29.5. The van der Waals surface area contributed by atoms with E-state index in [9.17, 15) is 0 Å². The number of para-hydroxylation sites is 1. The van der Waals surface area contributed by atoms with Gasteiger partial charge in [-0.05, 0) is 139 Å². The molecule has 10 aromatic rings. The molecule has 0 aliphatic carbocycles. The topological polar surface area (TPSA) is 12.4 Å². The number of fused-ring (bicyclic) bond motifs is 4. The molecule has 0 N–H and O–H groups in total. The minimum absolute atomic E-state index is 1.03. The van der Waals surface area contributed by atoms with E-state index in [4.69, 9.17) is 4.99 Å². The maximum atomic E-state index is 5.10. The monoisotopic (exact) mass is 771 g/mol. The number of rotatable bonds is 8. The van der Waals surface area contributed by atoms with Gasteiger partial charge in [-0.2, -0.15) is 0 Å². The molecule has 1 nitrogen and oxygen atoms in total. The molecule has 0 fully saturated rings. The van der Waals surface area contributed by atoms with Crippen LogP contribution in [0.3, 0.4) is 0 Å². The molecule has 0 atom stereocenters. The second kappa shape index (κ2) is 17.4. The molecule has 0 bridgehead atoms. The van der Waals surface area contributed by atoms with Gasteiger partial charge in [0, 0.05) is 5.71 Å². The second-order valence-corrected chi connectivity index (χ2v) is 15.8. The van der Waals surface area contributed by atoms with E-state index >= 15 is 0 Å². The van der Waals surface area contributed by atoms with Crippen LogP contribution in [0.15, 0.2) is 211 Å². The predicted molar refractivity (Wildman–Crippen MR) is 261 cm³/mol. The van der Waals surface area contributed by atoms with Crippen LogP contribution in [-0.2, 0) is 6.42 Å². The summed E-state index contributed by atoms with van der Waals surface area (Å²) in [6.45, 7) is 6.45. The van der Waals surface area contributed by atoms with Crippen LogP contribution >= 0.6 is 0 Å². The summed E-state index contributed by atoms with van der Waals surface area (Å²) in [4.78, 5) is 5.10. The van der Waals surface area contributed by atoms with Crippen molar-refractivity contribution in [1.29, 1.82) is 0 Å². The van der Waals surface area contributed by atoms with Crippen molar-refractivity contribution in [2.24, 2.45) is 4.99 Å². The normalized spacial score (nSPS) is 11.6. The van der Waals surface area contributed by atoms with E-state index in [0.717, 1.165) is 23.4 Å². The summed E-state index contributed by atoms with van der Waals surface area (Å²) < 4.78 is 0. The maximum absolute atomic E-state index is 5.10. The Morgan fingerprint density at radius 1 is 0.417 bits per heavy atom. The largest absolute Gasteiger partial charge is 0.253 e. The Kier molecular flexibility index (Phi) is 11.2. The van der Waals surface area contributed by atoms with Crippen LogP contribution in [0.2, 0.25) is 0 Å². The van der Waals surface area contributed by atoms with E-state index in [-0.39, 0.29) is 0 Å².